The zero-order valence-corrected chi connectivity index (χ0v) is 11.4. The molecule has 1 aliphatic heterocycles. The van der Waals surface area contributed by atoms with Gasteiger partial charge in [0.05, 0.1) is 5.56 Å². The van der Waals surface area contributed by atoms with Crippen LogP contribution in [0.1, 0.15) is 31.4 Å². The van der Waals surface area contributed by atoms with Crippen LogP contribution in [0.2, 0.25) is 0 Å². The monoisotopic (exact) mass is 265 g/mol. The summed E-state index contributed by atoms with van der Waals surface area (Å²) in [7, 11) is 0. The molecule has 1 aromatic carbocycles. The predicted octanol–water partition coefficient (Wildman–Crippen LogP) is 2.15. The normalized spacial score (nSPS) is 19.8. The van der Waals surface area contributed by atoms with E-state index in [1.54, 1.807) is 12.1 Å². The summed E-state index contributed by atoms with van der Waals surface area (Å²) in [5.41, 5.74) is 6.49. The smallest absolute Gasteiger partial charge is 0.173 e. The fourth-order valence-electron chi connectivity index (χ4n) is 2.55. The molecule has 0 spiro atoms. The van der Waals surface area contributed by atoms with Gasteiger partial charge in [0.15, 0.2) is 5.84 Å². The third kappa shape index (κ3) is 3.04. The van der Waals surface area contributed by atoms with Crippen LogP contribution in [0.3, 0.4) is 0 Å². The Kier molecular flexibility index (Phi) is 3.75. The molecule has 0 aliphatic carbocycles. The molecule has 0 amide bonds. The number of likely N-dealkylation sites (tertiary alicyclic amines) is 1. The van der Waals surface area contributed by atoms with Crippen LogP contribution in [0.4, 0.5) is 4.39 Å². The molecule has 0 atom stereocenters. The Morgan fingerprint density at radius 1 is 1.53 bits per heavy atom. The average Bonchev–Trinajstić information content (AvgIpc) is 2.70. The van der Waals surface area contributed by atoms with E-state index in [-0.39, 0.29) is 11.4 Å². The molecule has 0 bridgehead atoms. The molecule has 1 aliphatic rings. The van der Waals surface area contributed by atoms with Gasteiger partial charge in [-0.3, -0.25) is 4.90 Å². The highest BCUT2D eigenvalue weighted by atomic mass is 19.1. The van der Waals surface area contributed by atoms with Crippen molar-refractivity contribution in [3.8, 4) is 0 Å². The van der Waals surface area contributed by atoms with Crippen molar-refractivity contribution < 1.29 is 9.60 Å². The van der Waals surface area contributed by atoms with Crippen molar-refractivity contribution in [2.45, 2.75) is 26.8 Å². The summed E-state index contributed by atoms with van der Waals surface area (Å²) >= 11 is 0. The molecule has 19 heavy (non-hydrogen) atoms. The second-order valence-electron chi connectivity index (χ2n) is 5.89. The van der Waals surface area contributed by atoms with E-state index in [0.29, 0.717) is 17.5 Å². The molecule has 0 unspecified atom stereocenters. The minimum atomic E-state index is -0.400. The van der Waals surface area contributed by atoms with Crippen LogP contribution < -0.4 is 5.73 Å². The zero-order valence-electron chi connectivity index (χ0n) is 11.4. The van der Waals surface area contributed by atoms with Crippen molar-refractivity contribution in [1.29, 1.82) is 0 Å². The van der Waals surface area contributed by atoms with E-state index in [4.69, 9.17) is 10.9 Å². The number of nitrogens with zero attached hydrogens (tertiary/aromatic N) is 2. The quantitative estimate of drug-likeness (QED) is 0.381. The third-order valence-electron chi connectivity index (χ3n) is 3.61. The van der Waals surface area contributed by atoms with Crippen molar-refractivity contribution in [1.82, 2.24) is 4.90 Å². The molecule has 0 radical (unpaired) electrons. The van der Waals surface area contributed by atoms with Crippen LogP contribution in [-0.4, -0.2) is 29.0 Å². The molecular formula is C14H20FN3O. The molecule has 3 N–H and O–H groups in total. The molecule has 0 aromatic heterocycles. The van der Waals surface area contributed by atoms with E-state index in [2.05, 4.69) is 23.9 Å². The van der Waals surface area contributed by atoms with Crippen molar-refractivity contribution >= 4 is 5.84 Å². The van der Waals surface area contributed by atoms with Gasteiger partial charge in [-0.2, -0.15) is 0 Å². The molecular weight excluding hydrogens is 245 g/mol. The highest BCUT2D eigenvalue weighted by molar-refractivity contribution is 5.97. The van der Waals surface area contributed by atoms with Crippen LogP contribution in [0.15, 0.2) is 23.4 Å². The molecule has 1 heterocycles. The molecule has 1 fully saturated rings. The minimum Gasteiger partial charge on any atom is -0.409 e. The van der Waals surface area contributed by atoms with E-state index in [0.717, 1.165) is 19.5 Å². The molecule has 1 aromatic rings. The summed E-state index contributed by atoms with van der Waals surface area (Å²) in [4.78, 5) is 2.23. The van der Waals surface area contributed by atoms with Crippen LogP contribution in [0.25, 0.3) is 0 Å². The second kappa shape index (κ2) is 5.17. The van der Waals surface area contributed by atoms with Gasteiger partial charge in [-0.05, 0) is 24.4 Å². The minimum absolute atomic E-state index is 0.151. The van der Waals surface area contributed by atoms with Crippen molar-refractivity contribution in [3.05, 3.63) is 35.1 Å². The van der Waals surface area contributed by atoms with Gasteiger partial charge in [0.25, 0.3) is 0 Å². The number of rotatable bonds is 3. The second-order valence-corrected chi connectivity index (χ2v) is 5.89. The Morgan fingerprint density at radius 3 is 2.84 bits per heavy atom. The number of halogens is 1. The first-order valence-electron chi connectivity index (χ1n) is 6.40. The fraction of sp³-hybridized carbons (Fsp3) is 0.500. The number of hydrogen-bond acceptors (Lipinski definition) is 3. The first-order valence-corrected chi connectivity index (χ1v) is 6.40. The van der Waals surface area contributed by atoms with Crippen molar-refractivity contribution in [3.63, 3.8) is 0 Å². The lowest BCUT2D eigenvalue weighted by Gasteiger charge is -2.20. The summed E-state index contributed by atoms with van der Waals surface area (Å²) in [5.74, 6) is -0.594. The maximum atomic E-state index is 14.3. The predicted molar refractivity (Wildman–Crippen MR) is 72.6 cm³/mol. The molecule has 0 saturated carbocycles. The van der Waals surface area contributed by atoms with Crippen LogP contribution in [-0.2, 0) is 6.54 Å². The highest BCUT2D eigenvalue weighted by Gasteiger charge is 2.29. The zero-order chi connectivity index (χ0) is 14.0. The number of amidine groups is 1. The van der Waals surface area contributed by atoms with Crippen molar-refractivity contribution in [2.75, 3.05) is 13.1 Å². The molecule has 5 heteroatoms. The fourth-order valence-corrected chi connectivity index (χ4v) is 2.55. The van der Waals surface area contributed by atoms with Crippen LogP contribution >= 0.6 is 0 Å². The first-order chi connectivity index (χ1) is 8.93. The van der Waals surface area contributed by atoms with Gasteiger partial charge in [-0.25, -0.2) is 4.39 Å². The summed E-state index contributed by atoms with van der Waals surface area (Å²) < 4.78 is 14.3. The third-order valence-corrected chi connectivity index (χ3v) is 3.61. The molecule has 104 valence electrons. The Hall–Kier alpha value is -1.62. The van der Waals surface area contributed by atoms with Gasteiger partial charge in [-0.1, -0.05) is 31.1 Å². The summed E-state index contributed by atoms with van der Waals surface area (Å²) in [6.07, 6.45) is 1.12. The standard InChI is InChI=1S/C14H20FN3O/c1-14(2)6-7-18(9-14)8-10-4-3-5-11(12(10)15)13(16)17-19/h3-5,19H,6-9H2,1-2H3,(H2,16,17). The lowest BCUT2D eigenvalue weighted by atomic mass is 9.93. The van der Waals surface area contributed by atoms with Gasteiger partial charge < -0.3 is 10.9 Å². The van der Waals surface area contributed by atoms with Crippen LogP contribution in [0.5, 0.6) is 0 Å². The highest BCUT2D eigenvalue weighted by Crippen LogP contribution is 2.30. The Labute approximate surface area is 112 Å². The van der Waals surface area contributed by atoms with E-state index >= 15 is 0 Å². The number of benzene rings is 1. The Morgan fingerprint density at radius 2 is 2.26 bits per heavy atom. The number of nitrogens with two attached hydrogens (primary N) is 1. The molecule has 2 rings (SSSR count). The van der Waals surface area contributed by atoms with E-state index in [9.17, 15) is 4.39 Å². The summed E-state index contributed by atoms with van der Waals surface area (Å²) in [6.45, 7) is 6.93. The molecule has 1 saturated heterocycles. The topological polar surface area (TPSA) is 61.8 Å². The maximum absolute atomic E-state index is 14.3. The number of oxime groups is 1. The van der Waals surface area contributed by atoms with E-state index in [1.807, 2.05) is 0 Å². The number of hydrogen-bond donors (Lipinski definition) is 2. The van der Waals surface area contributed by atoms with Gasteiger partial charge in [0.1, 0.15) is 5.82 Å². The lowest BCUT2D eigenvalue weighted by molar-refractivity contribution is 0.281. The van der Waals surface area contributed by atoms with Crippen molar-refractivity contribution in [2.24, 2.45) is 16.3 Å². The maximum Gasteiger partial charge on any atom is 0.173 e. The van der Waals surface area contributed by atoms with E-state index < -0.39 is 5.82 Å². The summed E-state index contributed by atoms with van der Waals surface area (Å²) in [6, 6.07) is 4.99. The van der Waals surface area contributed by atoms with Gasteiger partial charge in [0, 0.05) is 18.7 Å². The van der Waals surface area contributed by atoms with Gasteiger partial charge in [0.2, 0.25) is 0 Å². The lowest BCUT2D eigenvalue weighted by Crippen LogP contribution is -2.24. The Bertz CT molecular complexity index is 499. The SMILES string of the molecule is CC1(C)CCN(Cc2cccc(/C(N)=N/O)c2F)C1. The summed E-state index contributed by atoms with van der Waals surface area (Å²) in [5, 5.41) is 11.5. The largest absolute Gasteiger partial charge is 0.409 e. The van der Waals surface area contributed by atoms with Gasteiger partial charge >= 0.3 is 0 Å². The van der Waals surface area contributed by atoms with Gasteiger partial charge in [-0.15, -0.1) is 0 Å². The molecule has 4 nitrogen and oxygen atoms in total. The Balaban J connectivity index is 2.18. The first kappa shape index (κ1) is 13.8. The van der Waals surface area contributed by atoms with Crippen LogP contribution in [0, 0.1) is 11.2 Å². The average molecular weight is 265 g/mol. The van der Waals surface area contributed by atoms with E-state index in [1.165, 1.54) is 6.07 Å².